The molecule has 104 valence electrons. The van der Waals surface area contributed by atoms with Crippen LogP contribution in [0.1, 0.15) is 29.9 Å². The summed E-state index contributed by atoms with van der Waals surface area (Å²) in [6.45, 7) is 6.58. The molecule has 1 saturated heterocycles. The van der Waals surface area contributed by atoms with Crippen LogP contribution in [-0.4, -0.2) is 24.4 Å². The van der Waals surface area contributed by atoms with Gasteiger partial charge in [0.25, 0.3) is 0 Å². The van der Waals surface area contributed by atoms with Gasteiger partial charge in [-0.2, -0.15) is 0 Å². The Kier molecular flexibility index (Phi) is 3.34. The number of anilines is 1. The fraction of sp³-hybridized carbons (Fsp3) is 0.375. The zero-order valence-electron chi connectivity index (χ0n) is 11.8. The molecule has 0 amide bonds. The fourth-order valence-electron chi connectivity index (χ4n) is 2.61. The Balaban J connectivity index is 1.96. The molecule has 2 aromatic rings. The van der Waals surface area contributed by atoms with Crippen LogP contribution in [0.4, 0.5) is 5.13 Å². The molecule has 1 aliphatic heterocycles. The largest absolute Gasteiger partial charge is 0.348 e. The number of hydrogen-bond acceptors (Lipinski definition) is 4. The topological polar surface area (TPSA) is 33.2 Å². The van der Waals surface area contributed by atoms with Gasteiger partial charge in [-0.15, -0.1) is 0 Å². The minimum atomic E-state index is 0.333. The van der Waals surface area contributed by atoms with Gasteiger partial charge in [0.15, 0.2) is 11.4 Å². The molecule has 0 saturated carbocycles. The highest BCUT2D eigenvalue weighted by Crippen LogP contribution is 2.37. The monoisotopic (exact) mass is 286 g/mol. The molecule has 20 heavy (non-hydrogen) atoms. The van der Waals surface area contributed by atoms with E-state index in [2.05, 4.69) is 18.7 Å². The summed E-state index contributed by atoms with van der Waals surface area (Å²) in [5.41, 5.74) is 2.15. The first kappa shape index (κ1) is 13.3. The minimum absolute atomic E-state index is 0.333. The lowest BCUT2D eigenvalue weighted by molar-refractivity contribution is 0.112. The van der Waals surface area contributed by atoms with Crippen LogP contribution < -0.4 is 4.90 Å². The maximum Gasteiger partial charge on any atom is 0.186 e. The zero-order chi connectivity index (χ0) is 14.2. The fourth-order valence-corrected chi connectivity index (χ4v) is 3.54. The molecule has 0 bridgehead atoms. The number of thiazole rings is 1. The molecular weight excluding hydrogens is 268 g/mol. The maximum absolute atomic E-state index is 11.3. The van der Waals surface area contributed by atoms with Crippen LogP contribution in [0.5, 0.6) is 0 Å². The molecule has 3 rings (SSSR count). The molecule has 0 spiro atoms. The predicted octanol–water partition coefficient (Wildman–Crippen LogP) is 3.86. The van der Waals surface area contributed by atoms with Crippen LogP contribution in [0.2, 0.25) is 0 Å². The van der Waals surface area contributed by atoms with E-state index in [1.165, 1.54) is 17.8 Å². The van der Waals surface area contributed by atoms with Crippen LogP contribution in [0.25, 0.3) is 11.3 Å². The average molecular weight is 286 g/mol. The van der Waals surface area contributed by atoms with Crippen molar-refractivity contribution in [3.05, 3.63) is 35.2 Å². The quantitative estimate of drug-likeness (QED) is 0.803. The lowest BCUT2D eigenvalue weighted by atomic mass is 9.93. The van der Waals surface area contributed by atoms with E-state index < -0.39 is 0 Å². The van der Waals surface area contributed by atoms with Gasteiger partial charge in [0.1, 0.15) is 0 Å². The van der Waals surface area contributed by atoms with E-state index in [1.807, 2.05) is 30.3 Å². The molecule has 0 aliphatic carbocycles. The van der Waals surface area contributed by atoms with Crippen LogP contribution in [0.3, 0.4) is 0 Å². The second-order valence-electron chi connectivity index (χ2n) is 6.03. The number of carbonyl (C=O) groups excluding carboxylic acids is 1. The summed E-state index contributed by atoms with van der Waals surface area (Å²) >= 11 is 1.50. The molecular formula is C16H18N2OS. The Hall–Kier alpha value is -1.68. The van der Waals surface area contributed by atoms with Gasteiger partial charge in [-0.25, -0.2) is 4.98 Å². The second-order valence-corrected chi connectivity index (χ2v) is 7.04. The van der Waals surface area contributed by atoms with Crippen LogP contribution in [0.15, 0.2) is 30.3 Å². The highest BCUT2D eigenvalue weighted by atomic mass is 32.1. The maximum atomic E-state index is 11.3. The van der Waals surface area contributed by atoms with Crippen molar-refractivity contribution in [3.63, 3.8) is 0 Å². The van der Waals surface area contributed by atoms with Crippen LogP contribution >= 0.6 is 11.3 Å². The summed E-state index contributed by atoms with van der Waals surface area (Å²) in [5, 5.41) is 0.969. The molecule has 0 N–H and O–H groups in total. The highest BCUT2D eigenvalue weighted by Gasteiger charge is 2.31. The van der Waals surface area contributed by atoms with E-state index in [4.69, 9.17) is 4.98 Å². The van der Waals surface area contributed by atoms with Crippen LogP contribution in [0, 0.1) is 5.41 Å². The van der Waals surface area contributed by atoms with Gasteiger partial charge in [0.05, 0.1) is 10.6 Å². The Morgan fingerprint density at radius 2 is 2.05 bits per heavy atom. The van der Waals surface area contributed by atoms with Gasteiger partial charge in [0.2, 0.25) is 0 Å². The molecule has 1 fully saturated rings. The Bertz CT molecular complexity index is 619. The molecule has 0 atom stereocenters. The van der Waals surface area contributed by atoms with Gasteiger partial charge in [-0.3, -0.25) is 4.79 Å². The van der Waals surface area contributed by atoms with Crippen molar-refractivity contribution in [2.24, 2.45) is 5.41 Å². The van der Waals surface area contributed by atoms with E-state index in [0.717, 1.165) is 40.6 Å². The zero-order valence-corrected chi connectivity index (χ0v) is 12.6. The van der Waals surface area contributed by atoms with Gasteiger partial charge in [-0.1, -0.05) is 55.5 Å². The van der Waals surface area contributed by atoms with Crippen molar-refractivity contribution in [2.75, 3.05) is 18.0 Å². The van der Waals surface area contributed by atoms with Gasteiger partial charge < -0.3 is 4.90 Å². The molecule has 0 radical (unpaired) electrons. The Morgan fingerprint density at radius 1 is 1.30 bits per heavy atom. The number of benzene rings is 1. The van der Waals surface area contributed by atoms with Gasteiger partial charge in [-0.05, 0) is 11.8 Å². The van der Waals surface area contributed by atoms with E-state index >= 15 is 0 Å². The van der Waals surface area contributed by atoms with E-state index in [0.29, 0.717) is 5.41 Å². The molecule has 1 aromatic heterocycles. The van der Waals surface area contributed by atoms with Gasteiger partial charge >= 0.3 is 0 Å². The number of hydrogen-bond donors (Lipinski definition) is 0. The number of rotatable bonds is 3. The molecule has 1 aliphatic rings. The summed E-state index contributed by atoms with van der Waals surface area (Å²) in [5.74, 6) is 0. The summed E-state index contributed by atoms with van der Waals surface area (Å²) in [6, 6.07) is 9.92. The van der Waals surface area contributed by atoms with Gasteiger partial charge in [0, 0.05) is 18.7 Å². The SMILES string of the molecule is CC1(C)CCN(c2nc(-c3ccccc3)c(C=O)s2)C1. The standard InChI is InChI=1S/C16H18N2OS/c1-16(2)8-9-18(11-16)15-17-14(13(10-19)20-15)12-6-4-3-5-7-12/h3-7,10H,8-9,11H2,1-2H3. The Labute approximate surface area is 123 Å². The number of nitrogens with zero attached hydrogens (tertiary/aromatic N) is 2. The third-order valence-electron chi connectivity index (χ3n) is 3.74. The third-order valence-corrected chi connectivity index (χ3v) is 4.79. The summed E-state index contributed by atoms with van der Waals surface area (Å²) < 4.78 is 0. The minimum Gasteiger partial charge on any atom is -0.348 e. The molecule has 1 aromatic carbocycles. The number of aromatic nitrogens is 1. The first-order valence-corrected chi connectivity index (χ1v) is 7.67. The number of carbonyl (C=O) groups is 1. The third kappa shape index (κ3) is 2.48. The van der Waals surface area contributed by atoms with Crippen molar-refractivity contribution >= 4 is 22.8 Å². The second kappa shape index (κ2) is 5.02. The smallest absolute Gasteiger partial charge is 0.186 e. The van der Waals surface area contributed by atoms with Crippen molar-refractivity contribution < 1.29 is 4.79 Å². The van der Waals surface area contributed by atoms with Crippen molar-refractivity contribution in [1.29, 1.82) is 0 Å². The average Bonchev–Trinajstić information content (AvgIpc) is 3.02. The van der Waals surface area contributed by atoms with Crippen LogP contribution in [-0.2, 0) is 0 Å². The predicted molar refractivity (Wildman–Crippen MR) is 83.5 cm³/mol. The van der Waals surface area contributed by atoms with Crippen molar-refractivity contribution in [2.45, 2.75) is 20.3 Å². The summed E-state index contributed by atoms with van der Waals surface area (Å²) in [7, 11) is 0. The first-order valence-electron chi connectivity index (χ1n) is 6.85. The number of aldehydes is 1. The lowest BCUT2D eigenvalue weighted by Crippen LogP contribution is -2.22. The van der Waals surface area contributed by atoms with E-state index in [-0.39, 0.29) is 0 Å². The van der Waals surface area contributed by atoms with Crippen molar-refractivity contribution in [3.8, 4) is 11.3 Å². The highest BCUT2D eigenvalue weighted by molar-refractivity contribution is 7.17. The normalized spacial score (nSPS) is 17.4. The van der Waals surface area contributed by atoms with E-state index in [9.17, 15) is 4.79 Å². The summed E-state index contributed by atoms with van der Waals surface area (Å²) in [4.78, 5) is 19.0. The molecule has 0 unspecified atom stereocenters. The van der Waals surface area contributed by atoms with E-state index in [1.54, 1.807) is 0 Å². The Morgan fingerprint density at radius 3 is 2.65 bits per heavy atom. The summed E-state index contributed by atoms with van der Waals surface area (Å²) in [6.07, 6.45) is 2.09. The lowest BCUT2D eigenvalue weighted by Gasteiger charge is -2.18. The molecule has 2 heterocycles. The molecule has 3 nitrogen and oxygen atoms in total. The van der Waals surface area contributed by atoms with Crippen molar-refractivity contribution in [1.82, 2.24) is 4.98 Å². The first-order chi connectivity index (χ1) is 9.59. The molecule has 4 heteroatoms.